The van der Waals surface area contributed by atoms with Gasteiger partial charge in [0, 0.05) is 30.5 Å². The summed E-state index contributed by atoms with van der Waals surface area (Å²) in [5.41, 5.74) is 0.873. The monoisotopic (exact) mass is 275 g/mol. The van der Waals surface area contributed by atoms with Crippen molar-refractivity contribution in [3.8, 4) is 5.75 Å². The lowest BCUT2D eigenvalue weighted by molar-refractivity contribution is 0.274. The number of ether oxygens (including phenoxy) is 1. The molecule has 1 aromatic carbocycles. The van der Waals surface area contributed by atoms with E-state index >= 15 is 0 Å². The highest BCUT2D eigenvalue weighted by Gasteiger charge is 2.21. The Bertz CT molecular complexity index is 552. The quantitative estimate of drug-likeness (QED) is 0.843. The largest absolute Gasteiger partial charge is 0.488 e. The molecule has 4 nitrogen and oxygen atoms in total. The summed E-state index contributed by atoms with van der Waals surface area (Å²) in [7, 11) is 0. The van der Waals surface area contributed by atoms with Gasteiger partial charge < -0.3 is 10.1 Å². The van der Waals surface area contributed by atoms with Gasteiger partial charge in [-0.05, 0) is 25.0 Å². The van der Waals surface area contributed by atoms with Gasteiger partial charge in [-0.15, -0.1) is 0 Å². The van der Waals surface area contributed by atoms with Gasteiger partial charge in [0.1, 0.15) is 6.61 Å². The van der Waals surface area contributed by atoms with Gasteiger partial charge in [0.2, 0.25) is 0 Å². The fraction of sp³-hybridized carbons (Fsp3) is 0.400. The number of para-hydroxylation sites is 1. The van der Waals surface area contributed by atoms with Crippen LogP contribution in [0.3, 0.4) is 0 Å². The Morgan fingerprint density at radius 1 is 1.35 bits per heavy atom. The summed E-state index contributed by atoms with van der Waals surface area (Å²) in [5, 5.41) is 7.47. The molecule has 0 aliphatic heterocycles. The average molecular weight is 275 g/mol. The Morgan fingerprint density at radius 2 is 2.25 bits per heavy atom. The van der Waals surface area contributed by atoms with Crippen molar-refractivity contribution < 1.29 is 9.13 Å². The van der Waals surface area contributed by atoms with Crippen LogP contribution in [-0.4, -0.2) is 22.4 Å². The molecule has 1 saturated carbocycles. The second kappa shape index (κ2) is 6.05. The van der Waals surface area contributed by atoms with E-state index in [2.05, 4.69) is 10.4 Å². The Balaban J connectivity index is 1.60. The van der Waals surface area contributed by atoms with Crippen molar-refractivity contribution in [2.75, 3.05) is 6.61 Å². The lowest BCUT2D eigenvalue weighted by atomic mass is 10.2. The van der Waals surface area contributed by atoms with E-state index in [4.69, 9.17) is 4.74 Å². The first-order valence-electron chi connectivity index (χ1n) is 6.94. The van der Waals surface area contributed by atoms with Gasteiger partial charge in [-0.1, -0.05) is 12.1 Å². The van der Waals surface area contributed by atoms with Crippen molar-refractivity contribution in [3.05, 3.63) is 48.0 Å². The predicted octanol–water partition coefficient (Wildman–Crippen LogP) is 2.35. The molecule has 1 aromatic heterocycles. The van der Waals surface area contributed by atoms with Crippen molar-refractivity contribution in [2.24, 2.45) is 0 Å². The minimum Gasteiger partial charge on any atom is -0.488 e. The predicted molar refractivity (Wildman–Crippen MR) is 74.0 cm³/mol. The summed E-state index contributed by atoms with van der Waals surface area (Å²) in [6, 6.07) is 7.51. The van der Waals surface area contributed by atoms with E-state index in [1.54, 1.807) is 16.9 Å². The van der Waals surface area contributed by atoms with Crippen molar-refractivity contribution >= 4 is 0 Å². The highest BCUT2D eigenvalue weighted by Crippen LogP contribution is 2.25. The zero-order chi connectivity index (χ0) is 13.8. The maximum absolute atomic E-state index is 13.9. The molecule has 0 spiro atoms. The van der Waals surface area contributed by atoms with Crippen molar-refractivity contribution in [1.82, 2.24) is 15.1 Å². The van der Waals surface area contributed by atoms with E-state index in [1.165, 1.54) is 18.9 Å². The molecular weight excluding hydrogens is 257 g/mol. The molecule has 0 radical (unpaired) electrons. The number of hydrogen-bond donors (Lipinski definition) is 1. The van der Waals surface area contributed by atoms with E-state index in [9.17, 15) is 4.39 Å². The Labute approximate surface area is 117 Å². The summed E-state index contributed by atoms with van der Waals surface area (Å²) < 4.78 is 21.3. The van der Waals surface area contributed by atoms with Crippen molar-refractivity contribution in [1.29, 1.82) is 0 Å². The summed E-state index contributed by atoms with van der Waals surface area (Å²) in [6.07, 6.45) is 6.00. The van der Waals surface area contributed by atoms with Gasteiger partial charge in [-0.25, -0.2) is 4.39 Å². The van der Waals surface area contributed by atoms with Crippen LogP contribution in [0.4, 0.5) is 4.39 Å². The number of halogens is 1. The Morgan fingerprint density at radius 3 is 3.00 bits per heavy atom. The minimum absolute atomic E-state index is 0.305. The average Bonchev–Trinajstić information content (AvgIpc) is 3.14. The Hall–Kier alpha value is -1.88. The van der Waals surface area contributed by atoms with Gasteiger partial charge >= 0.3 is 0 Å². The zero-order valence-corrected chi connectivity index (χ0v) is 11.3. The van der Waals surface area contributed by atoms with Crippen LogP contribution in [0.2, 0.25) is 0 Å². The highest BCUT2D eigenvalue weighted by molar-refractivity contribution is 5.35. The van der Waals surface area contributed by atoms with Crippen molar-refractivity contribution in [3.63, 3.8) is 0 Å². The van der Waals surface area contributed by atoms with Gasteiger partial charge in [0.05, 0.1) is 6.54 Å². The maximum Gasteiger partial charge on any atom is 0.165 e. The van der Waals surface area contributed by atoms with Crippen LogP contribution < -0.4 is 10.1 Å². The molecule has 0 atom stereocenters. The van der Waals surface area contributed by atoms with Crippen LogP contribution in [0.1, 0.15) is 18.4 Å². The molecule has 5 heteroatoms. The molecule has 0 amide bonds. The number of aromatic nitrogens is 2. The lowest BCUT2D eigenvalue weighted by Gasteiger charge is -2.13. The van der Waals surface area contributed by atoms with Crippen LogP contribution >= 0.6 is 0 Å². The molecule has 106 valence electrons. The fourth-order valence-electron chi connectivity index (χ4n) is 2.07. The third kappa shape index (κ3) is 3.36. The zero-order valence-electron chi connectivity index (χ0n) is 11.3. The van der Waals surface area contributed by atoms with Crippen LogP contribution in [0.25, 0.3) is 0 Å². The molecule has 1 aliphatic carbocycles. The first-order valence-corrected chi connectivity index (χ1v) is 6.94. The number of nitrogens with zero attached hydrogens (tertiary/aromatic N) is 2. The molecule has 2 aromatic rings. The summed E-state index contributed by atoms with van der Waals surface area (Å²) >= 11 is 0. The summed E-state index contributed by atoms with van der Waals surface area (Å²) in [4.78, 5) is 0. The number of hydrogen-bond acceptors (Lipinski definition) is 3. The summed E-state index contributed by atoms with van der Waals surface area (Å²) in [5.74, 6) is 0.0494. The first kappa shape index (κ1) is 13.1. The Kier molecular flexibility index (Phi) is 3.97. The third-order valence-electron chi connectivity index (χ3n) is 3.33. The van der Waals surface area contributed by atoms with E-state index in [-0.39, 0.29) is 5.82 Å². The topological polar surface area (TPSA) is 39.1 Å². The van der Waals surface area contributed by atoms with Crippen LogP contribution in [0.5, 0.6) is 5.75 Å². The number of nitrogens with one attached hydrogen (secondary N) is 1. The first-order chi connectivity index (χ1) is 9.83. The third-order valence-corrected chi connectivity index (χ3v) is 3.33. The van der Waals surface area contributed by atoms with Gasteiger partial charge in [-0.3, -0.25) is 4.68 Å². The van der Waals surface area contributed by atoms with Gasteiger partial charge in [-0.2, -0.15) is 5.10 Å². The molecule has 1 N–H and O–H groups in total. The molecule has 3 rings (SSSR count). The van der Waals surface area contributed by atoms with E-state index < -0.39 is 0 Å². The maximum atomic E-state index is 13.9. The number of benzene rings is 1. The minimum atomic E-state index is -0.305. The summed E-state index contributed by atoms with van der Waals surface area (Å²) in [6.45, 7) is 1.66. The molecule has 20 heavy (non-hydrogen) atoms. The molecule has 0 unspecified atom stereocenters. The lowest BCUT2D eigenvalue weighted by Crippen LogP contribution is -2.17. The molecule has 1 heterocycles. The van der Waals surface area contributed by atoms with Gasteiger partial charge in [0.15, 0.2) is 11.6 Å². The van der Waals surface area contributed by atoms with E-state index in [0.29, 0.717) is 31.5 Å². The van der Waals surface area contributed by atoms with Crippen LogP contribution in [0.15, 0.2) is 36.7 Å². The smallest absolute Gasteiger partial charge is 0.165 e. The molecular formula is C15H18FN3O. The molecule has 1 fully saturated rings. The SMILES string of the molecule is Fc1cccc(CNC2CC2)c1OCCn1cccn1. The molecule has 0 bridgehead atoms. The van der Waals surface area contributed by atoms with Crippen LogP contribution in [0, 0.1) is 5.82 Å². The van der Waals surface area contributed by atoms with E-state index in [0.717, 1.165) is 5.56 Å². The second-order valence-electron chi connectivity index (χ2n) is 5.00. The standard InChI is InChI=1S/C15H18FN3O/c16-14-4-1-3-12(11-17-13-5-6-13)15(14)20-10-9-19-8-2-7-18-19/h1-4,7-8,13,17H,5-6,9-11H2. The van der Waals surface area contributed by atoms with Crippen LogP contribution in [-0.2, 0) is 13.1 Å². The number of rotatable bonds is 7. The normalized spacial score (nSPS) is 14.4. The second-order valence-corrected chi connectivity index (χ2v) is 5.00. The molecule has 1 aliphatic rings. The highest BCUT2D eigenvalue weighted by atomic mass is 19.1. The van der Waals surface area contributed by atoms with Crippen molar-refractivity contribution in [2.45, 2.75) is 32.0 Å². The fourth-order valence-corrected chi connectivity index (χ4v) is 2.07. The van der Waals surface area contributed by atoms with E-state index in [1.807, 2.05) is 18.3 Å². The molecule has 0 saturated heterocycles. The van der Waals surface area contributed by atoms with Gasteiger partial charge in [0.25, 0.3) is 0 Å².